The average molecular weight is 349 g/mol. The molecule has 0 aliphatic rings. The Morgan fingerprint density at radius 2 is 2.19 bits per heavy atom. The van der Waals surface area contributed by atoms with Crippen LogP contribution in [0.4, 0.5) is 0 Å². The summed E-state index contributed by atoms with van der Waals surface area (Å²) in [7, 11) is -3.30. The molecule has 2 aromatic heterocycles. The molecule has 0 atom stereocenters. The monoisotopic (exact) mass is 349 g/mol. The lowest BCUT2D eigenvalue weighted by atomic mass is 10.4. The Morgan fingerprint density at radius 1 is 1.44 bits per heavy atom. The van der Waals surface area contributed by atoms with E-state index in [0.29, 0.717) is 5.82 Å². The third kappa shape index (κ3) is 2.24. The number of sulfone groups is 1. The Labute approximate surface area is 107 Å². The maximum atomic E-state index is 11.6. The fourth-order valence-electron chi connectivity index (χ4n) is 1.26. The first-order chi connectivity index (χ1) is 7.48. The van der Waals surface area contributed by atoms with Crippen LogP contribution in [0, 0.1) is 3.57 Å². The number of rotatable bonds is 2. The summed E-state index contributed by atoms with van der Waals surface area (Å²) in [6, 6.07) is 3.11. The minimum absolute atomic E-state index is 0.175. The molecule has 0 bridgehead atoms. The van der Waals surface area contributed by atoms with Gasteiger partial charge in [0.05, 0.1) is 9.77 Å². The smallest absolute Gasteiger partial charge is 0.179 e. The van der Waals surface area contributed by atoms with Crippen LogP contribution in [0.1, 0.15) is 0 Å². The summed E-state index contributed by atoms with van der Waals surface area (Å²) in [5.74, 6) is 0.327. The van der Waals surface area contributed by atoms with Crippen LogP contribution < -0.4 is 0 Å². The van der Waals surface area contributed by atoms with E-state index in [4.69, 9.17) is 0 Å². The van der Waals surface area contributed by atoms with Gasteiger partial charge in [0.25, 0.3) is 0 Å². The zero-order chi connectivity index (χ0) is 11.8. The number of nitrogens with zero attached hydrogens (tertiary/aromatic N) is 3. The predicted octanol–water partition coefficient (Wildman–Crippen LogP) is 1.28. The van der Waals surface area contributed by atoms with Gasteiger partial charge in [0, 0.05) is 18.6 Å². The maximum absolute atomic E-state index is 11.6. The molecule has 0 N–H and O–H groups in total. The van der Waals surface area contributed by atoms with Gasteiger partial charge < -0.3 is 0 Å². The topological polar surface area (TPSA) is 64.8 Å². The van der Waals surface area contributed by atoms with E-state index in [2.05, 4.69) is 32.7 Å². The highest BCUT2D eigenvalue weighted by atomic mass is 127. The zero-order valence-electron chi connectivity index (χ0n) is 8.33. The first-order valence-electron chi connectivity index (χ1n) is 4.34. The minimum atomic E-state index is -3.30. The summed E-state index contributed by atoms with van der Waals surface area (Å²) in [5, 5.41) is 4.04. The van der Waals surface area contributed by atoms with Crippen molar-refractivity contribution in [2.45, 2.75) is 4.90 Å². The molecule has 5 nitrogen and oxygen atoms in total. The number of aromatic nitrogens is 3. The first-order valence-corrected chi connectivity index (χ1v) is 7.31. The van der Waals surface area contributed by atoms with Gasteiger partial charge in [-0.05, 0) is 34.7 Å². The Bertz CT molecular complexity index is 621. The van der Waals surface area contributed by atoms with Crippen LogP contribution in [0.25, 0.3) is 5.82 Å². The van der Waals surface area contributed by atoms with Gasteiger partial charge in [0.2, 0.25) is 0 Å². The molecule has 16 heavy (non-hydrogen) atoms. The highest BCUT2D eigenvalue weighted by molar-refractivity contribution is 14.1. The van der Waals surface area contributed by atoms with Crippen LogP contribution in [0.15, 0.2) is 35.6 Å². The second kappa shape index (κ2) is 4.13. The first kappa shape index (κ1) is 11.5. The summed E-state index contributed by atoms with van der Waals surface area (Å²) in [6.07, 6.45) is 6.05. The van der Waals surface area contributed by atoms with Crippen molar-refractivity contribution < 1.29 is 8.42 Å². The lowest BCUT2D eigenvalue weighted by Gasteiger charge is -2.05. The van der Waals surface area contributed by atoms with Gasteiger partial charge in [-0.25, -0.2) is 18.1 Å². The summed E-state index contributed by atoms with van der Waals surface area (Å²) >= 11 is 2.10. The number of hydrogen-bond donors (Lipinski definition) is 0. The Kier molecular flexibility index (Phi) is 2.98. The molecule has 0 radical (unpaired) electrons. The molecular formula is C9H8IN3O2S. The highest BCUT2D eigenvalue weighted by Gasteiger charge is 2.15. The normalized spacial score (nSPS) is 11.6. The molecule has 0 unspecified atom stereocenters. The molecule has 2 rings (SSSR count). The molecule has 0 aromatic carbocycles. The summed E-state index contributed by atoms with van der Waals surface area (Å²) in [6.45, 7) is 0. The van der Waals surface area contributed by atoms with E-state index in [-0.39, 0.29) is 4.90 Å². The molecule has 0 aliphatic heterocycles. The van der Waals surface area contributed by atoms with Gasteiger partial charge in [-0.2, -0.15) is 5.10 Å². The van der Waals surface area contributed by atoms with Gasteiger partial charge in [-0.3, -0.25) is 0 Å². The number of halogens is 1. The van der Waals surface area contributed by atoms with Crippen molar-refractivity contribution in [3.63, 3.8) is 0 Å². The maximum Gasteiger partial charge on any atom is 0.179 e. The van der Waals surface area contributed by atoms with E-state index in [1.807, 2.05) is 0 Å². The molecule has 84 valence electrons. The molecule has 7 heteroatoms. The fourth-order valence-corrected chi connectivity index (χ4v) is 2.45. The molecule has 0 amide bonds. The van der Waals surface area contributed by atoms with E-state index in [1.165, 1.54) is 10.7 Å². The Hall–Kier alpha value is -0.960. The molecule has 0 saturated carbocycles. The van der Waals surface area contributed by atoms with Crippen molar-refractivity contribution in [3.8, 4) is 5.82 Å². The fraction of sp³-hybridized carbons (Fsp3) is 0.111. The van der Waals surface area contributed by atoms with Crippen molar-refractivity contribution in [2.24, 2.45) is 0 Å². The van der Waals surface area contributed by atoms with Gasteiger partial charge in [0.1, 0.15) is 4.90 Å². The van der Waals surface area contributed by atoms with Crippen molar-refractivity contribution >= 4 is 32.4 Å². The van der Waals surface area contributed by atoms with Crippen LogP contribution in [0.5, 0.6) is 0 Å². The number of hydrogen-bond acceptors (Lipinski definition) is 4. The summed E-state index contributed by atoms with van der Waals surface area (Å²) < 4.78 is 25.5. The Balaban J connectivity index is 2.66. The average Bonchev–Trinajstić information content (AvgIpc) is 2.64. The van der Waals surface area contributed by atoms with Crippen molar-refractivity contribution in [3.05, 3.63) is 34.3 Å². The van der Waals surface area contributed by atoms with E-state index in [0.717, 1.165) is 9.83 Å². The van der Waals surface area contributed by atoms with E-state index in [1.54, 1.807) is 24.7 Å². The standard InChI is InChI=1S/C9H8IN3O2S/c1-16(14,15)8-3-2-4-11-9(8)13-6-7(10)5-12-13/h2-6H,1H3. The van der Waals surface area contributed by atoms with Crippen LogP contribution in [0.3, 0.4) is 0 Å². The second-order valence-corrected chi connectivity index (χ2v) is 6.43. The van der Waals surface area contributed by atoms with Crippen LogP contribution >= 0.6 is 22.6 Å². The molecule has 2 heterocycles. The van der Waals surface area contributed by atoms with Crippen molar-refractivity contribution in [2.75, 3.05) is 6.26 Å². The zero-order valence-corrected chi connectivity index (χ0v) is 11.3. The van der Waals surface area contributed by atoms with Gasteiger partial charge >= 0.3 is 0 Å². The molecule has 0 spiro atoms. The highest BCUT2D eigenvalue weighted by Crippen LogP contribution is 2.17. The summed E-state index contributed by atoms with van der Waals surface area (Å²) in [4.78, 5) is 4.22. The lowest BCUT2D eigenvalue weighted by molar-refractivity contribution is 0.600. The summed E-state index contributed by atoms with van der Waals surface area (Å²) in [5.41, 5.74) is 0. The van der Waals surface area contributed by atoms with Gasteiger partial charge in [-0.15, -0.1) is 0 Å². The second-order valence-electron chi connectivity index (χ2n) is 3.20. The lowest BCUT2D eigenvalue weighted by Crippen LogP contribution is -2.07. The molecular weight excluding hydrogens is 341 g/mol. The number of pyridine rings is 1. The quantitative estimate of drug-likeness (QED) is 0.766. The largest absolute Gasteiger partial charge is 0.236 e. The Morgan fingerprint density at radius 3 is 2.75 bits per heavy atom. The molecule has 0 aliphatic carbocycles. The third-order valence-corrected chi connectivity index (χ3v) is 3.59. The van der Waals surface area contributed by atoms with Crippen molar-refractivity contribution in [1.29, 1.82) is 0 Å². The van der Waals surface area contributed by atoms with E-state index in [9.17, 15) is 8.42 Å². The van der Waals surface area contributed by atoms with Crippen LogP contribution in [-0.2, 0) is 9.84 Å². The van der Waals surface area contributed by atoms with Crippen LogP contribution in [0.2, 0.25) is 0 Å². The molecule has 2 aromatic rings. The minimum Gasteiger partial charge on any atom is -0.236 e. The predicted molar refractivity (Wildman–Crippen MR) is 67.2 cm³/mol. The van der Waals surface area contributed by atoms with Crippen molar-refractivity contribution in [1.82, 2.24) is 14.8 Å². The van der Waals surface area contributed by atoms with E-state index >= 15 is 0 Å². The SMILES string of the molecule is CS(=O)(=O)c1cccnc1-n1cc(I)cn1. The van der Waals surface area contributed by atoms with Gasteiger partial charge in [-0.1, -0.05) is 0 Å². The molecule has 0 saturated heterocycles. The van der Waals surface area contributed by atoms with Gasteiger partial charge in [0.15, 0.2) is 15.7 Å². The van der Waals surface area contributed by atoms with E-state index < -0.39 is 9.84 Å². The van der Waals surface area contributed by atoms with Crippen LogP contribution in [-0.4, -0.2) is 29.4 Å². The molecule has 0 fully saturated rings. The third-order valence-electron chi connectivity index (χ3n) is 1.92.